The third kappa shape index (κ3) is 6.96. The highest BCUT2D eigenvalue weighted by Gasteiger charge is 2.41. The second-order valence-corrected chi connectivity index (χ2v) is 11.9. The van der Waals surface area contributed by atoms with Gasteiger partial charge in [0.25, 0.3) is 0 Å². The number of aromatic nitrogens is 1. The van der Waals surface area contributed by atoms with Gasteiger partial charge in [0.15, 0.2) is 0 Å². The number of para-hydroxylation sites is 1. The minimum atomic E-state index is -0.685. The first-order valence-corrected chi connectivity index (χ1v) is 16.0. The van der Waals surface area contributed by atoms with E-state index in [1.807, 2.05) is 60.7 Å². The molecule has 0 radical (unpaired) electrons. The summed E-state index contributed by atoms with van der Waals surface area (Å²) in [6, 6.07) is 31.4. The lowest BCUT2D eigenvalue weighted by atomic mass is 9.81. The number of fused-ring (bicyclic) bond motifs is 2. The molecule has 1 aromatic heterocycles. The number of nitrogens with zero attached hydrogens (tertiary/aromatic N) is 2. The molecule has 6 heteroatoms. The number of nitriles is 1. The highest BCUT2D eigenvalue weighted by molar-refractivity contribution is 5.84. The number of ether oxygens (including phenoxy) is 2. The van der Waals surface area contributed by atoms with Crippen LogP contribution in [0.3, 0.4) is 0 Å². The molecule has 0 bridgehead atoms. The van der Waals surface area contributed by atoms with Crippen molar-refractivity contribution >= 4 is 10.9 Å². The molecule has 5 nitrogen and oxygen atoms in total. The Hall–Kier alpha value is -4.44. The predicted molar refractivity (Wildman–Crippen MR) is 177 cm³/mol. The van der Waals surface area contributed by atoms with Crippen molar-refractivity contribution in [3.8, 4) is 11.8 Å². The van der Waals surface area contributed by atoms with Crippen LogP contribution in [0.15, 0.2) is 97.2 Å². The molecular weight excluding hydrogens is 561 g/mol. The first kappa shape index (κ1) is 30.6. The Labute approximate surface area is 265 Å². The van der Waals surface area contributed by atoms with Crippen molar-refractivity contribution in [2.75, 3.05) is 26.2 Å². The van der Waals surface area contributed by atoms with Gasteiger partial charge in [0.1, 0.15) is 23.8 Å². The van der Waals surface area contributed by atoms with Crippen molar-refractivity contribution < 1.29 is 13.9 Å². The second kappa shape index (κ2) is 14.1. The van der Waals surface area contributed by atoms with Crippen LogP contribution in [0.25, 0.3) is 10.9 Å². The normalized spacial score (nSPS) is 15.8. The van der Waals surface area contributed by atoms with Gasteiger partial charge in [-0.15, -0.1) is 0 Å². The van der Waals surface area contributed by atoms with Crippen LogP contribution >= 0.6 is 0 Å². The van der Waals surface area contributed by atoms with E-state index >= 15 is 0 Å². The molecule has 1 unspecified atom stereocenters. The summed E-state index contributed by atoms with van der Waals surface area (Å²) in [6.45, 7) is 5.80. The van der Waals surface area contributed by atoms with Gasteiger partial charge in [-0.05, 0) is 109 Å². The number of benzene rings is 4. The van der Waals surface area contributed by atoms with Gasteiger partial charge in [0.05, 0.1) is 18.2 Å². The Kier molecular flexibility index (Phi) is 9.59. The zero-order chi connectivity index (χ0) is 31.1. The highest BCUT2D eigenvalue weighted by atomic mass is 19.1. The lowest BCUT2D eigenvalue weighted by molar-refractivity contribution is -0.0147. The maximum Gasteiger partial charge on any atom is 0.123 e. The van der Waals surface area contributed by atoms with Gasteiger partial charge in [0, 0.05) is 30.2 Å². The predicted octanol–water partition coefficient (Wildman–Crippen LogP) is 8.31. The minimum Gasteiger partial charge on any atom is -0.492 e. The molecule has 1 aliphatic rings. The number of aromatic amines is 1. The number of hydrogen-bond donors (Lipinski definition) is 1. The first-order valence-electron chi connectivity index (χ1n) is 16.0. The largest absolute Gasteiger partial charge is 0.492 e. The van der Waals surface area contributed by atoms with E-state index in [4.69, 9.17) is 9.47 Å². The Balaban J connectivity index is 1.19. The number of hydrogen-bond acceptors (Lipinski definition) is 4. The summed E-state index contributed by atoms with van der Waals surface area (Å²) in [6.07, 6.45) is 6.91. The molecule has 1 aliphatic heterocycles. The van der Waals surface area contributed by atoms with Crippen LogP contribution in [0, 0.1) is 17.1 Å². The molecule has 0 saturated heterocycles. The van der Waals surface area contributed by atoms with E-state index in [1.54, 1.807) is 0 Å². The van der Waals surface area contributed by atoms with Gasteiger partial charge in [-0.1, -0.05) is 55.8 Å². The van der Waals surface area contributed by atoms with Gasteiger partial charge >= 0.3 is 0 Å². The fraction of sp³-hybridized carbons (Fsp3) is 0.308. The van der Waals surface area contributed by atoms with Gasteiger partial charge < -0.3 is 14.5 Å². The molecule has 45 heavy (non-hydrogen) atoms. The average molecular weight is 602 g/mol. The summed E-state index contributed by atoms with van der Waals surface area (Å²) >= 11 is 0. The topological polar surface area (TPSA) is 61.3 Å². The Bertz CT molecular complexity index is 1760. The molecule has 0 fully saturated rings. The van der Waals surface area contributed by atoms with E-state index < -0.39 is 5.60 Å². The van der Waals surface area contributed by atoms with Crippen molar-refractivity contribution in [2.45, 2.75) is 51.2 Å². The van der Waals surface area contributed by atoms with E-state index in [0.29, 0.717) is 18.8 Å². The van der Waals surface area contributed by atoms with E-state index in [1.165, 1.54) is 34.2 Å². The highest BCUT2D eigenvalue weighted by Crippen LogP contribution is 2.45. The van der Waals surface area contributed by atoms with Crippen molar-refractivity contribution in [2.24, 2.45) is 0 Å². The first-order chi connectivity index (χ1) is 22.1. The van der Waals surface area contributed by atoms with Crippen LogP contribution in [0.1, 0.15) is 59.6 Å². The summed E-state index contributed by atoms with van der Waals surface area (Å²) in [5.74, 6) is 0.608. The maximum atomic E-state index is 14.0. The fourth-order valence-electron chi connectivity index (χ4n) is 6.62. The molecule has 230 valence electrons. The average Bonchev–Trinajstić information content (AvgIpc) is 3.65. The Morgan fingerprint density at radius 3 is 2.60 bits per heavy atom. The molecule has 2 heterocycles. The second-order valence-electron chi connectivity index (χ2n) is 11.9. The van der Waals surface area contributed by atoms with Gasteiger partial charge in [-0.3, -0.25) is 4.90 Å². The van der Waals surface area contributed by atoms with Crippen molar-refractivity contribution in [1.82, 2.24) is 9.88 Å². The Morgan fingerprint density at radius 1 is 0.956 bits per heavy atom. The smallest absolute Gasteiger partial charge is 0.123 e. The third-order valence-corrected chi connectivity index (χ3v) is 8.94. The van der Waals surface area contributed by atoms with Crippen LogP contribution in [-0.2, 0) is 29.8 Å². The summed E-state index contributed by atoms with van der Waals surface area (Å²) in [5, 5.41) is 10.8. The standard InChI is InChI=1S/C39H40FN3O2/c1-2-7-29-11-17-38-36(25-29)31(27-42-38)18-21-43(22-23-44-35-8-4-3-5-9-35)20-6-19-39(33-12-14-34(40)15-13-33)37-16-10-30(26-41)24-32(37)28-45-39/h3-5,8-17,24-25,27,42H,2,6-7,18-23,28H2,1H3. The van der Waals surface area contributed by atoms with Crippen LogP contribution in [-0.4, -0.2) is 36.1 Å². The summed E-state index contributed by atoms with van der Waals surface area (Å²) in [4.78, 5) is 5.94. The fourth-order valence-corrected chi connectivity index (χ4v) is 6.62. The lowest BCUT2D eigenvalue weighted by Gasteiger charge is -2.32. The van der Waals surface area contributed by atoms with E-state index in [9.17, 15) is 9.65 Å². The van der Waals surface area contributed by atoms with Crippen molar-refractivity contribution in [1.29, 1.82) is 5.26 Å². The number of halogens is 1. The monoisotopic (exact) mass is 601 g/mol. The van der Waals surface area contributed by atoms with Crippen LogP contribution in [0.4, 0.5) is 4.39 Å². The minimum absolute atomic E-state index is 0.268. The molecule has 0 aliphatic carbocycles. The number of H-pyrrole nitrogens is 1. The molecule has 5 aromatic rings. The number of rotatable bonds is 14. The molecular formula is C39H40FN3O2. The maximum absolute atomic E-state index is 14.0. The van der Waals surface area contributed by atoms with Crippen LogP contribution in [0.5, 0.6) is 5.75 Å². The van der Waals surface area contributed by atoms with E-state index in [2.05, 4.69) is 47.3 Å². The summed E-state index contributed by atoms with van der Waals surface area (Å²) in [7, 11) is 0. The van der Waals surface area contributed by atoms with Gasteiger partial charge in [-0.25, -0.2) is 4.39 Å². The molecule has 4 aromatic carbocycles. The number of aryl methyl sites for hydroxylation is 1. The van der Waals surface area contributed by atoms with Crippen molar-refractivity contribution in [3.05, 3.63) is 136 Å². The lowest BCUT2D eigenvalue weighted by Crippen LogP contribution is -2.34. The summed E-state index contributed by atoms with van der Waals surface area (Å²) < 4.78 is 26.6. The third-order valence-electron chi connectivity index (χ3n) is 8.94. The molecule has 1 atom stereocenters. The van der Waals surface area contributed by atoms with Crippen molar-refractivity contribution in [3.63, 3.8) is 0 Å². The molecule has 0 spiro atoms. The van der Waals surface area contributed by atoms with Gasteiger partial charge in [-0.2, -0.15) is 5.26 Å². The van der Waals surface area contributed by atoms with Crippen LogP contribution in [0.2, 0.25) is 0 Å². The van der Waals surface area contributed by atoms with E-state index in [0.717, 1.165) is 74.2 Å². The molecule has 1 N–H and O–H groups in total. The molecule has 0 amide bonds. The SMILES string of the molecule is CCCc1ccc2[nH]cc(CCN(CCCC3(c4ccc(F)cc4)OCc4cc(C#N)ccc43)CCOc3ccccc3)c2c1. The van der Waals surface area contributed by atoms with E-state index in [-0.39, 0.29) is 5.82 Å². The zero-order valence-electron chi connectivity index (χ0n) is 25.9. The zero-order valence-corrected chi connectivity index (χ0v) is 25.9. The molecule has 0 saturated carbocycles. The molecule has 6 rings (SSSR count). The van der Waals surface area contributed by atoms with Gasteiger partial charge in [0.2, 0.25) is 0 Å². The quantitative estimate of drug-likeness (QED) is 0.139. The summed E-state index contributed by atoms with van der Waals surface area (Å²) in [5.41, 5.74) is 6.85. The van der Waals surface area contributed by atoms with Crippen LogP contribution < -0.4 is 4.74 Å². The number of nitrogens with one attached hydrogen (secondary N) is 1. The Morgan fingerprint density at radius 2 is 1.80 bits per heavy atom.